The van der Waals surface area contributed by atoms with Crippen molar-refractivity contribution in [2.24, 2.45) is 0 Å². The molecular formula is C18H21NO3S. The van der Waals surface area contributed by atoms with Crippen molar-refractivity contribution in [2.75, 3.05) is 0 Å². The molecule has 3 rings (SSSR count). The van der Waals surface area contributed by atoms with E-state index < -0.39 is 10.7 Å². The summed E-state index contributed by atoms with van der Waals surface area (Å²) >= 11 is 0. The molecule has 1 aliphatic rings. The van der Waals surface area contributed by atoms with E-state index in [1.807, 2.05) is 36.4 Å². The molecule has 0 unspecified atom stereocenters. The highest BCUT2D eigenvalue weighted by Gasteiger charge is 2.19. The number of hydrogen-bond acceptors (Lipinski definition) is 4. The van der Waals surface area contributed by atoms with E-state index in [2.05, 4.69) is 5.32 Å². The molecule has 0 aromatic heterocycles. The van der Waals surface area contributed by atoms with Crippen molar-refractivity contribution in [3.63, 3.8) is 0 Å². The molecule has 23 heavy (non-hydrogen) atoms. The third kappa shape index (κ3) is 4.33. The van der Waals surface area contributed by atoms with Gasteiger partial charge in [-0.1, -0.05) is 30.3 Å². The number of nitrogens with one attached hydrogen (secondary N) is 1. The van der Waals surface area contributed by atoms with E-state index in [1.165, 1.54) is 12.0 Å². The van der Waals surface area contributed by atoms with Gasteiger partial charge >= 0.3 is 0 Å². The van der Waals surface area contributed by atoms with E-state index in [-0.39, 0.29) is 6.10 Å². The average Bonchev–Trinajstić information content (AvgIpc) is 2.52. The maximum atomic E-state index is 11.4. The number of thiol groups is 1. The first-order valence-corrected chi connectivity index (χ1v) is 9.09. The van der Waals surface area contributed by atoms with E-state index in [0.717, 1.165) is 24.2 Å². The van der Waals surface area contributed by atoms with Crippen molar-refractivity contribution in [1.82, 2.24) is 5.32 Å². The minimum atomic E-state index is -2.61. The highest BCUT2D eigenvalue weighted by atomic mass is 32.2. The Morgan fingerprint density at radius 2 is 1.83 bits per heavy atom. The van der Waals surface area contributed by atoms with Crippen LogP contribution in [-0.2, 0) is 23.8 Å². The molecule has 1 fully saturated rings. The van der Waals surface area contributed by atoms with Crippen molar-refractivity contribution in [1.29, 1.82) is 0 Å². The van der Waals surface area contributed by atoms with Crippen molar-refractivity contribution in [3.8, 4) is 5.75 Å². The lowest BCUT2D eigenvalue weighted by Gasteiger charge is -2.26. The summed E-state index contributed by atoms with van der Waals surface area (Å²) in [6, 6.07) is 15.3. The number of benzene rings is 2. The van der Waals surface area contributed by atoms with Crippen LogP contribution in [0.25, 0.3) is 0 Å². The van der Waals surface area contributed by atoms with Crippen molar-refractivity contribution < 1.29 is 13.2 Å². The zero-order chi connectivity index (χ0) is 16.1. The minimum absolute atomic E-state index is 0.284. The van der Waals surface area contributed by atoms with Crippen molar-refractivity contribution in [2.45, 2.75) is 43.4 Å². The third-order valence-corrected chi connectivity index (χ3v) is 4.92. The van der Waals surface area contributed by atoms with Gasteiger partial charge in [-0.05, 0) is 48.6 Å². The Balaban J connectivity index is 1.68. The topological polar surface area (TPSA) is 55.4 Å². The summed E-state index contributed by atoms with van der Waals surface area (Å²) < 4.78 is 28.7. The van der Waals surface area contributed by atoms with Gasteiger partial charge in [0, 0.05) is 13.1 Å². The molecule has 0 amide bonds. The Morgan fingerprint density at radius 1 is 1.04 bits per heavy atom. The van der Waals surface area contributed by atoms with Gasteiger partial charge < -0.3 is 10.1 Å². The van der Waals surface area contributed by atoms with Crippen LogP contribution in [0.4, 0.5) is 0 Å². The fourth-order valence-corrected chi connectivity index (χ4v) is 3.15. The first-order chi connectivity index (χ1) is 11.2. The lowest BCUT2D eigenvalue weighted by Crippen LogP contribution is -2.24. The second-order valence-corrected chi connectivity index (χ2v) is 6.80. The molecule has 0 aliphatic heterocycles. The molecule has 0 saturated heterocycles. The van der Waals surface area contributed by atoms with Crippen LogP contribution in [0.1, 0.15) is 30.4 Å². The minimum Gasteiger partial charge on any atom is -0.490 e. The maximum absolute atomic E-state index is 11.4. The fraction of sp³-hybridized carbons (Fsp3) is 0.333. The molecule has 0 heterocycles. The number of rotatable bonds is 7. The first-order valence-electron chi connectivity index (χ1n) is 7.91. The van der Waals surface area contributed by atoms with Gasteiger partial charge in [-0.15, -0.1) is 0 Å². The summed E-state index contributed by atoms with van der Waals surface area (Å²) in [5, 5.41) is 3.30. The van der Waals surface area contributed by atoms with Crippen LogP contribution >= 0.6 is 0 Å². The normalized spacial score (nSPS) is 14.7. The molecule has 0 bridgehead atoms. The van der Waals surface area contributed by atoms with Crippen LogP contribution in [0.3, 0.4) is 0 Å². The molecular weight excluding hydrogens is 310 g/mol. The van der Waals surface area contributed by atoms with Gasteiger partial charge in [0.2, 0.25) is 0 Å². The van der Waals surface area contributed by atoms with Crippen LogP contribution < -0.4 is 10.1 Å². The third-order valence-electron chi connectivity index (χ3n) is 4.09. The monoisotopic (exact) mass is 331 g/mol. The Morgan fingerprint density at radius 3 is 2.48 bits per heavy atom. The molecule has 1 aliphatic carbocycles. The Hall–Kier alpha value is -1.85. The van der Waals surface area contributed by atoms with Crippen LogP contribution in [0.5, 0.6) is 5.75 Å². The van der Waals surface area contributed by atoms with Crippen molar-refractivity contribution in [3.05, 3.63) is 59.7 Å². The Bertz CT molecular complexity index is 716. The van der Waals surface area contributed by atoms with E-state index >= 15 is 0 Å². The van der Waals surface area contributed by atoms with E-state index in [0.29, 0.717) is 18.0 Å². The first kappa shape index (κ1) is 16.0. The van der Waals surface area contributed by atoms with Crippen molar-refractivity contribution >= 4 is 10.7 Å². The van der Waals surface area contributed by atoms with Crippen LogP contribution in [0.2, 0.25) is 0 Å². The second-order valence-electron chi connectivity index (χ2n) is 5.81. The molecule has 5 heteroatoms. The van der Waals surface area contributed by atoms with Gasteiger partial charge in [0.05, 0.1) is 11.0 Å². The molecule has 122 valence electrons. The van der Waals surface area contributed by atoms with Gasteiger partial charge in [-0.25, -0.2) is 8.42 Å². The molecule has 1 saturated carbocycles. The summed E-state index contributed by atoms with van der Waals surface area (Å²) in [4.78, 5) is 0.363. The largest absolute Gasteiger partial charge is 0.490 e. The van der Waals surface area contributed by atoms with Gasteiger partial charge in [-0.3, -0.25) is 0 Å². The molecule has 1 N–H and O–H groups in total. The summed E-state index contributed by atoms with van der Waals surface area (Å²) in [7, 11) is -2.61. The molecule has 4 nitrogen and oxygen atoms in total. The highest BCUT2D eigenvalue weighted by Crippen LogP contribution is 2.27. The average molecular weight is 331 g/mol. The zero-order valence-electron chi connectivity index (χ0n) is 12.9. The predicted octanol–water partition coefficient (Wildman–Crippen LogP) is 2.88. The van der Waals surface area contributed by atoms with Gasteiger partial charge in [-0.2, -0.15) is 0 Å². The standard InChI is InChI=1S/C18H21NO3S/c20-23(21)18-10-9-17(22-16-7-4-8-16)11-15(18)13-19-12-14-5-2-1-3-6-14/h1-3,5-6,9-11,16,19,23H,4,7-8,12-13H2. The quantitative estimate of drug-likeness (QED) is 0.766. The van der Waals surface area contributed by atoms with Crippen LogP contribution in [-0.4, -0.2) is 14.5 Å². The fourth-order valence-electron chi connectivity index (χ4n) is 2.57. The molecule has 0 atom stereocenters. The molecule has 0 radical (unpaired) electrons. The lowest BCUT2D eigenvalue weighted by atomic mass is 9.96. The summed E-state index contributed by atoms with van der Waals surface area (Å²) in [6.45, 7) is 1.19. The van der Waals surface area contributed by atoms with E-state index in [4.69, 9.17) is 4.74 Å². The highest BCUT2D eigenvalue weighted by molar-refractivity contribution is 7.72. The van der Waals surface area contributed by atoms with Crippen LogP contribution in [0, 0.1) is 0 Å². The molecule has 0 spiro atoms. The summed E-state index contributed by atoms with van der Waals surface area (Å²) in [5.74, 6) is 0.756. The number of ether oxygens (including phenoxy) is 1. The smallest absolute Gasteiger partial charge is 0.168 e. The second kappa shape index (κ2) is 7.62. The molecule has 2 aromatic carbocycles. The lowest BCUT2D eigenvalue weighted by molar-refractivity contribution is 0.120. The number of hydrogen-bond donors (Lipinski definition) is 2. The summed E-state index contributed by atoms with van der Waals surface area (Å²) in [5.41, 5.74) is 1.93. The van der Waals surface area contributed by atoms with Crippen LogP contribution in [0.15, 0.2) is 53.4 Å². The summed E-state index contributed by atoms with van der Waals surface area (Å²) in [6.07, 6.45) is 3.66. The Kier molecular flexibility index (Phi) is 5.31. The van der Waals surface area contributed by atoms with E-state index in [9.17, 15) is 8.42 Å². The zero-order valence-corrected chi connectivity index (χ0v) is 13.8. The Labute approximate surface area is 138 Å². The van der Waals surface area contributed by atoms with Gasteiger partial charge in [0.1, 0.15) is 5.75 Å². The van der Waals surface area contributed by atoms with Gasteiger partial charge in [0.15, 0.2) is 10.7 Å². The van der Waals surface area contributed by atoms with E-state index in [1.54, 1.807) is 12.1 Å². The maximum Gasteiger partial charge on any atom is 0.168 e. The van der Waals surface area contributed by atoms with Gasteiger partial charge in [0.25, 0.3) is 0 Å². The predicted molar refractivity (Wildman–Crippen MR) is 90.3 cm³/mol. The molecule has 2 aromatic rings. The SMILES string of the molecule is O=[SH](=O)c1ccc(OC2CCC2)cc1CNCc1ccccc1.